The summed E-state index contributed by atoms with van der Waals surface area (Å²) in [5, 5.41) is 0.189. The van der Waals surface area contributed by atoms with E-state index in [1.165, 1.54) is 11.1 Å². The minimum absolute atomic E-state index is 0.0259. The number of nitrogens with zero attached hydrogens (tertiary/aromatic N) is 3. The molecule has 2 aromatic heterocycles. The van der Waals surface area contributed by atoms with Crippen molar-refractivity contribution in [1.29, 1.82) is 0 Å². The zero-order valence-corrected chi connectivity index (χ0v) is 18.1. The highest BCUT2D eigenvalue weighted by molar-refractivity contribution is 5.97. The van der Waals surface area contributed by atoms with Crippen LogP contribution in [0.15, 0.2) is 36.3 Å². The topological polar surface area (TPSA) is 30.2 Å². The summed E-state index contributed by atoms with van der Waals surface area (Å²) in [6.45, 7) is 11.9. The molecule has 1 atom stereocenters. The lowest BCUT2D eigenvalue weighted by Gasteiger charge is -2.32. The van der Waals surface area contributed by atoms with E-state index in [1.54, 1.807) is 18.2 Å². The molecule has 0 bridgehead atoms. The molecule has 0 fully saturated rings. The molecule has 0 amide bonds. The second-order valence-corrected chi connectivity index (χ2v) is 10.1. The lowest BCUT2D eigenvalue weighted by atomic mass is 9.71. The number of hydrogen-bond acceptors (Lipinski definition) is 2. The largest absolute Gasteiger partial charge is 0.279 e. The number of benzene rings is 2. The quantitative estimate of drug-likeness (QED) is 0.340. The number of fused-ring (bicyclic) bond motifs is 6. The van der Waals surface area contributed by atoms with Gasteiger partial charge in [0, 0.05) is 14.9 Å². The minimum atomic E-state index is -2.42. The van der Waals surface area contributed by atoms with Gasteiger partial charge in [-0.3, -0.25) is 4.40 Å². The van der Waals surface area contributed by atoms with E-state index in [4.69, 9.17) is 14.6 Å². The van der Waals surface area contributed by atoms with Gasteiger partial charge in [-0.05, 0) is 52.1 Å². The maximum Gasteiger partial charge on any atom is 0.148 e. The molecule has 0 saturated heterocycles. The van der Waals surface area contributed by atoms with Gasteiger partial charge in [-0.1, -0.05) is 67.4 Å². The van der Waals surface area contributed by atoms with Gasteiger partial charge in [-0.25, -0.2) is 9.97 Å². The molecular weight excluding hydrogens is 354 g/mol. The number of imidazole rings is 1. The third kappa shape index (κ3) is 2.30. The Labute approximate surface area is 183 Å². The van der Waals surface area contributed by atoms with Crippen molar-refractivity contribution in [2.24, 2.45) is 5.92 Å². The molecule has 4 aromatic rings. The monoisotopic (exact) mass is 392 g/mol. The number of rotatable bonds is 0. The summed E-state index contributed by atoms with van der Waals surface area (Å²) in [5.41, 5.74) is 2.35. The summed E-state index contributed by atoms with van der Waals surface area (Å²) in [5.74, 6) is 0.549. The van der Waals surface area contributed by atoms with Gasteiger partial charge in [0.15, 0.2) is 0 Å². The average molecular weight is 393 g/mol. The molecule has 1 unspecified atom stereocenters. The lowest BCUT2D eigenvalue weighted by molar-refractivity contribution is 0.264. The van der Waals surface area contributed by atoms with Crippen molar-refractivity contribution < 1.29 is 9.60 Å². The van der Waals surface area contributed by atoms with Crippen molar-refractivity contribution >= 4 is 27.6 Å². The van der Waals surface area contributed by atoms with Crippen LogP contribution in [0.25, 0.3) is 27.6 Å². The lowest BCUT2D eigenvalue weighted by Crippen LogP contribution is -2.30. The van der Waals surface area contributed by atoms with Crippen LogP contribution in [0.1, 0.15) is 81.9 Å². The van der Waals surface area contributed by atoms with Gasteiger partial charge in [0.1, 0.15) is 11.5 Å². The summed E-state index contributed by atoms with van der Waals surface area (Å²) in [4.78, 5) is 9.53. The molecule has 2 heterocycles. The minimum Gasteiger partial charge on any atom is -0.279 e. The van der Waals surface area contributed by atoms with Crippen LogP contribution in [-0.4, -0.2) is 14.4 Å². The molecule has 0 spiro atoms. The molecule has 0 N–H and O–H groups in total. The van der Waals surface area contributed by atoms with E-state index < -0.39 is 18.3 Å². The van der Waals surface area contributed by atoms with Crippen LogP contribution in [0.5, 0.6) is 0 Å². The Kier molecular flexibility index (Phi) is 2.29. The van der Waals surface area contributed by atoms with Gasteiger partial charge < -0.3 is 0 Å². The zero-order chi connectivity index (χ0) is 26.9. The first kappa shape index (κ1) is 12.3. The van der Waals surface area contributed by atoms with Crippen LogP contribution >= 0.6 is 0 Å². The van der Waals surface area contributed by atoms with E-state index in [-0.39, 0.29) is 45.7 Å². The number of para-hydroxylation sites is 1. The highest BCUT2D eigenvalue weighted by Gasteiger charge is 2.48. The molecule has 0 radical (unpaired) electrons. The fourth-order valence-electron chi connectivity index (χ4n) is 5.07. The van der Waals surface area contributed by atoms with Gasteiger partial charge in [0.2, 0.25) is 0 Å². The van der Waals surface area contributed by atoms with Crippen molar-refractivity contribution in [2.75, 3.05) is 0 Å². The van der Waals surface area contributed by atoms with Crippen molar-refractivity contribution in [3.8, 4) is 0 Å². The van der Waals surface area contributed by atoms with E-state index in [0.29, 0.717) is 22.6 Å². The van der Waals surface area contributed by atoms with Crippen LogP contribution in [-0.2, 0) is 16.2 Å². The summed E-state index contributed by atoms with van der Waals surface area (Å²) in [6, 6.07) is 2.82. The Morgan fingerprint density at radius 1 is 1.00 bits per heavy atom. The molecule has 150 valence electrons. The Morgan fingerprint density at radius 3 is 2.34 bits per heavy atom. The van der Waals surface area contributed by atoms with Crippen molar-refractivity contribution in [1.82, 2.24) is 14.4 Å². The standard InChI is InChI=1S/C26H31N3/c1-15-25(5,6)17-13-20-21(14-18(17)26(15,7)8)29-22(27-20)16-11-9-10-12-19(16)28-23(29)24(2,3)4/h9-15H,1-8H3/i2D3,9D,10D,11D,12D. The molecule has 3 heteroatoms. The van der Waals surface area contributed by atoms with Crippen molar-refractivity contribution in [2.45, 2.75) is 71.6 Å². The van der Waals surface area contributed by atoms with Gasteiger partial charge in [-0.2, -0.15) is 0 Å². The fourth-order valence-corrected chi connectivity index (χ4v) is 5.07. The molecule has 0 saturated carbocycles. The summed E-state index contributed by atoms with van der Waals surface area (Å²) in [6.07, 6.45) is 0. The number of aromatic nitrogens is 3. The average Bonchev–Trinajstić information content (AvgIpc) is 3.21. The Bertz CT molecular complexity index is 1610. The van der Waals surface area contributed by atoms with Gasteiger partial charge in [0.25, 0.3) is 0 Å². The Hall–Kier alpha value is -2.42. The molecule has 3 nitrogen and oxygen atoms in total. The maximum atomic E-state index is 8.62. The molecule has 0 aliphatic heterocycles. The normalized spacial score (nSPS) is 24.5. The van der Waals surface area contributed by atoms with E-state index in [0.717, 1.165) is 0 Å². The second-order valence-electron chi connectivity index (χ2n) is 10.1. The SMILES string of the molecule is [2H]c1c([2H])c([2H])c2c(nc(C(C)(C)C([2H])([2H])[2H])n3c4cc5c(cc4nc23)C(C)(C)C(C)C5(C)C)c1[2H]. The third-order valence-electron chi connectivity index (χ3n) is 7.23. The summed E-state index contributed by atoms with van der Waals surface area (Å²) in [7, 11) is 0. The molecular formula is C26H31N3. The Morgan fingerprint density at radius 2 is 1.66 bits per heavy atom. The molecule has 5 rings (SSSR count). The molecule has 1 aliphatic carbocycles. The summed E-state index contributed by atoms with van der Waals surface area (Å²) < 4.78 is 60.0. The first-order valence-electron chi connectivity index (χ1n) is 13.6. The molecule has 29 heavy (non-hydrogen) atoms. The predicted molar refractivity (Wildman–Crippen MR) is 122 cm³/mol. The zero-order valence-electron chi connectivity index (χ0n) is 25.1. The van der Waals surface area contributed by atoms with Gasteiger partial charge >= 0.3 is 0 Å². The highest BCUT2D eigenvalue weighted by Crippen LogP contribution is 2.54. The van der Waals surface area contributed by atoms with Crippen LogP contribution < -0.4 is 0 Å². The first-order valence-corrected chi connectivity index (χ1v) is 10.1. The second kappa shape index (κ2) is 5.38. The fraction of sp³-hybridized carbons (Fsp3) is 0.462. The molecule has 1 aliphatic rings. The Balaban J connectivity index is 2.07. The van der Waals surface area contributed by atoms with Crippen LogP contribution in [0.4, 0.5) is 0 Å². The van der Waals surface area contributed by atoms with Gasteiger partial charge in [-0.15, -0.1) is 0 Å². The van der Waals surface area contributed by atoms with Crippen LogP contribution in [0.3, 0.4) is 0 Å². The van der Waals surface area contributed by atoms with Crippen molar-refractivity contribution in [3.05, 3.63) is 53.3 Å². The van der Waals surface area contributed by atoms with E-state index in [9.17, 15) is 0 Å². The van der Waals surface area contributed by atoms with Gasteiger partial charge in [0.05, 0.1) is 22.0 Å². The van der Waals surface area contributed by atoms with Crippen LogP contribution in [0.2, 0.25) is 0 Å². The smallest absolute Gasteiger partial charge is 0.148 e. The van der Waals surface area contributed by atoms with E-state index in [2.05, 4.69) is 51.7 Å². The first-order chi connectivity index (χ1) is 16.3. The van der Waals surface area contributed by atoms with E-state index >= 15 is 0 Å². The van der Waals surface area contributed by atoms with E-state index in [1.807, 2.05) is 0 Å². The highest BCUT2D eigenvalue weighted by atomic mass is 15.1. The molecule has 2 aromatic carbocycles. The number of hydrogen-bond donors (Lipinski definition) is 0. The predicted octanol–water partition coefficient (Wildman–Crippen LogP) is 6.54. The van der Waals surface area contributed by atoms with Crippen molar-refractivity contribution in [3.63, 3.8) is 0 Å². The van der Waals surface area contributed by atoms with Crippen LogP contribution in [0, 0.1) is 5.92 Å². The summed E-state index contributed by atoms with van der Waals surface area (Å²) >= 11 is 0. The maximum absolute atomic E-state index is 8.62. The third-order valence-corrected chi connectivity index (χ3v) is 7.23.